The molecule has 0 amide bonds. The minimum absolute atomic E-state index is 0.794. The summed E-state index contributed by atoms with van der Waals surface area (Å²) in [5.41, 5.74) is 3.24. The van der Waals surface area contributed by atoms with Gasteiger partial charge in [0.05, 0.1) is 0 Å². The fourth-order valence-electron chi connectivity index (χ4n) is 2.99. The van der Waals surface area contributed by atoms with Crippen molar-refractivity contribution in [3.8, 4) is 0 Å². The minimum Gasteiger partial charge on any atom is -0.309 e. The Balaban J connectivity index is 1.81. The fraction of sp³-hybridized carbons (Fsp3) is 0.857. The van der Waals surface area contributed by atoms with Crippen LogP contribution in [0.4, 0.5) is 0 Å². The molecule has 0 aliphatic carbocycles. The highest BCUT2D eigenvalue weighted by molar-refractivity contribution is 5.22. The van der Waals surface area contributed by atoms with Crippen molar-refractivity contribution in [2.24, 2.45) is 0 Å². The molecule has 0 saturated carbocycles. The third kappa shape index (κ3) is 3.09. The first-order valence-corrected chi connectivity index (χ1v) is 7.09. The van der Waals surface area contributed by atoms with Gasteiger partial charge in [-0.1, -0.05) is 19.4 Å². The number of rotatable bonds is 5. The molecule has 0 aromatic carbocycles. The van der Waals surface area contributed by atoms with Crippen LogP contribution >= 0.6 is 0 Å². The summed E-state index contributed by atoms with van der Waals surface area (Å²) in [6.07, 6.45) is 1.35. The van der Waals surface area contributed by atoms with Crippen LogP contribution in [0.2, 0.25) is 0 Å². The molecule has 2 saturated heterocycles. The SMILES string of the molecule is CCN(CC)C1CCN(CC(C)=C2CNC2)C1. The van der Waals surface area contributed by atoms with E-state index in [-0.39, 0.29) is 0 Å². The van der Waals surface area contributed by atoms with Gasteiger partial charge in [0.1, 0.15) is 0 Å². The van der Waals surface area contributed by atoms with Crippen LogP contribution in [0.3, 0.4) is 0 Å². The van der Waals surface area contributed by atoms with Gasteiger partial charge in [0.15, 0.2) is 0 Å². The Labute approximate surface area is 106 Å². The number of hydrogen-bond acceptors (Lipinski definition) is 3. The lowest BCUT2D eigenvalue weighted by molar-refractivity contribution is 0.214. The van der Waals surface area contributed by atoms with Gasteiger partial charge >= 0.3 is 0 Å². The molecule has 0 aromatic heterocycles. The summed E-state index contributed by atoms with van der Waals surface area (Å²) >= 11 is 0. The molecule has 2 fully saturated rings. The molecule has 1 unspecified atom stereocenters. The maximum atomic E-state index is 3.33. The molecule has 1 atom stereocenters. The molecule has 3 heteroatoms. The van der Waals surface area contributed by atoms with Crippen LogP contribution in [0.25, 0.3) is 0 Å². The first-order valence-electron chi connectivity index (χ1n) is 7.09. The molecule has 0 radical (unpaired) electrons. The first kappa shape index (κ1) is 13.1. The summed E-state index contributed by atoms with van der Waals surface area (Å²) in [6, 6.07) is 0.794. The van der Waals surface area contributed by atoms with Gasteiger partial charge in [-0.3, -0.25) is 9.80 Å². The average molecular weight is 237 g/mol. The Kier molecular flexibility index (Phi) is 4.60. The molecule has 1 N–H and O–H groups in total. The molecule has 17 heavy (non-hydrogen) atoms. The van der Waals surface area contributed by atoms with Crippen LogP contribution < -0.4 is 5.32 Å². The van der Waals surface area contributed by atoms with E-state index in [1.807, 2.05) is 0 Å². The average Bonchev–Trinajstić information content (AvgIpc) is 2.65. The molecule has 0 spiro atoms. The van der Waals surface area contributed by atoms with Crippen LogP contribution in [0, 0.1) is 0 Å². The molecule has 98 valence electrons. The van der Waals surface area contributed by atoms with Crippen molar-refractivity contribution < 1.29 is 0 Å². The van der Waals surface area contributed by atoms with Gasteiger partial charge in [0, 0.05) is 38.8 Å². The van der Waals surface area contributed by atoms with Gasteiger partial charge < -0.3 is 5.32 Å². The zero-order chi connectivity index (χ0) is 12.3. The van der Waals surface area contributed by atoms with Gasteiger partial charge in [-0.2, -0.15) is 0 Å². The Bertz CT molecular complexity index is 275. The fourth-order valence-corrected chi connectivity index (χ4v) is 2.99. The van der Waals surface area contributed by atoms with Crippen molar-refractivity contribution in [3.63, 3.8) is 0 Å². The molecular weight excluding hydrogens is 210 g/mol. The van der Waals surface area contributed by atoms with E-state index >= 15 is 0 Å². The number of hydrogen-bond donors (Lipinski definition) is 1. The molecule has 0 aromatic rings. The van der Waals surface area contributed by atoms with Crippen LogP contribution in [-0.2, 0) is 0 Å². The normalized spacial score (nSPS) is 25.4. The third-order valence-electron chi connectivity index (χ3n) is 4.32. The second-order valence-electron chi connectivity index (χ2n) is 5.39. The Morgan fingerprint density at radius 1 is 1.35 bits per heavy atom. The van der Waals surface area contributed by atoms with Gasteiger partial charge in [-0.15, -0.1) is 0 Å². The number of likely N-dealkylation sites (N-methyl/N-ethyl adjacent to an activating group) is 1. The maximum absolute atomic E-state index is 3.33. The summed E-state index contributed by atoms with van der Waals surface area (Å²) in [7, 11) is 0. The molecule has 0 bridgehead atoms. The van der Waals surface area contributed by atoms with Crippen molar-refractivity contribution in [2.75, 3.05) is 45.8 Å². The number of likely N-dealkylation sites (tertiary alicyclic amines) is 1. The lowest BCUT2D eigenvalue weighted by Gasteiger charge is -2.27. The van der Waals surface area contributed by atoms with Crippen LogP contribution in [0.15, 0.2) is 11.1 Å². The molecular formula is C14H27N3. The predicted octanol–water partition coefficient (Wildman–Crippen LogP) is 1.32. The van der Waals surface area contributed by atoms with E-state index in [2.05, 4.69) is 35.9 Å². The second-order valence-corrected chi connectivity index (χ2v) is 5.39. The summed E-state index contributed by atoms with van der Waals surface area (Å²) in [5, 5.41) is 3.33. The molecule has 2 heterocycles. The van der Waals surface area contributed by atoms with Gasteiger partial charge in [0.25, 0.3) is 0 Å². The lowest BCUT2D eigenvalue weighted by Crippen LogP contribution is -2.38. The summed E-state index contributed by atoms with van der Waals surface area (Å²) in [4.78, 5) is 5.23. The Morgan fingerprint density at radius 2 is 2.06 bits per heavy atom. The Hall–Kier alpha value is -0.380. The van der Waals surface area contributed by atoms with Crippen molar-refractivity contribution in [1.82, 2.24) is 15.1 Å². The van der Waals surface area contributed by atoms with Gasteiger partial charge in [0.2, 0.25) is 0 Å². The highest BCUT2D eigenvalue weighted by Gasteiger charge is 2.26. The quantitative estimate of drug-likeness (QED) is 0.728. The van der Waals surface area contributed by atoms with E-state index in [9.17, 15) is 0 Å². The third-order valence-corrected chi connectivity index (χ3v) is 4.32. The number of nitrogens with zero attached hydrogens (tertiary/aromatic N) is 2. The minimum atomic E-state index is 0.794. The Morgan fingerprint density at radius 3 is 2.59 bits per heavy atom. The zero-order valence-electron chi connectivity index (χ0n) is 11.6. The molecule has 2 aliphatic rings. The van der Waals surface area contributed by atoms with Crippen LogP contribution in [0.5, 0.6) is 0 Å². The smallest absolute Gasteiger partial charge is 0.0235 e. The zero-order valence-corrected chi connectivity index (χ0v) is 11.6. The molecule has 3 nitrogen and oxygen atoms in total. The summed E-state index contributed by atoms with van der Waals surface area (Å²) < 4.78 is 0. The maximum Gasteiger partial charge on any atom is 0.0235 e. The summed E-state index contributed by atoms with van der Waals surface area (Å²) in [5.74, 6) is 0. The lowest BCUT2D eigenvalue weighted by atomic mass is 10.0. The van der Waals surface area contributed by atoms with Crippen molar-refractivity contribution in [3.05, 3.63) is 11.1 Å². The highest BCUT2D eigenvalue weighted by atomic mass is 15.2. The monoisotopic (exact) mass is 237 g/mol. The predicted molar refractivity (Wildman–Crippen MR) is 73.3 cm³/mol. The molecule has 2 aliphatic heterocycles. The van der Waals surface area contributed by atoms with Gasteiger partial charge in [-0.25, -0.2) is 0 Å². The highest BCUT2D eigenvalue weighted by Crippen LogP contribution is 2.18. The van der Waals surface area contributed by atoms with Gasteiger partial charge in [-0.05, 0) is 32.0 Å². The van der Waals surface area contributed by atoms with Crippen molar-refractivity contribution >= 4 is 0 Å². The summed E-state index contributed by atoms with van der Waals surface area (Å²) in [6.45, 7) is 15.2. The van der Waals surface area contributed by atoms with Crippen molar-refractivity contribution in [2.45, 2.75) is 33.2 Å². The van der Waals surface area contributed by atoms with Crippen LogP contribution in [-0.4, -0.2) is 61.7 Å². The standard InChI is InChI=1S/C14H27N3/c1-4-17(5-2)14-6-7-16(11-14)10-12(3)13-8-15-9-13/h14-15H,4-11H2,1-3H3. The molecule has 2 rings (SSSR count). The topological polar surface area (TPSA) is 18.5 Å². The van der Waals surface area contributed by atoms with Crippen molar-refractivity contribution in [1.29, 1.82) is 0 Å². The van der Waals surface area contributed by atoms with E-state index in [0.29, 0.717) is 0 Å². The van der Waals surface area contributed by atoms with E-state index in [1.165, 1.54) is 39.1 Å². The van der Waals surface area contributed by atoms with E-state index in [0.717, 1.165) is 19.1 Å². The van der Waals surface area contributed by atoms with E-state index in [4.69, 9.17) is 0 Å². The first-order chi connectivity index (χ1) is 8.24. The number of nitrogens with one attached hydrogen (secondary N) is 1. The second kappa shape index (κ2) is 5.98. The van der Waals surface area contributed by atoms with Crippen LogP contribution in [0.1, 0.15) is 27.2 Å². The largest absolute Gasteiger partial charge is 0.309 e. The van der Waals surface area contributed by atoms with E-state index in [1.54, 1.807) is 11.1 Å². The van der Waals surface area contributed by atoms with E-state index < -0.39 is 0 Å².